The summed E-state index contributed by atoms with van der Waals surface area (Å²) >= 11 is 0. The van der Waals surface area contributed by atoms with Gasteiger partial charge in [0.05, 0.1) is 10.6 Å². The number of carbonyl (C=O) groups excluding carboxylic acids is 2. The number of anilines is 1. The molecule has 1 aliphatic rings. The van der Waals surface area contributed by atoms with Crippen LogP contribution in [0.5, 0.6) is 0 Å². The van der Waals surface area contributed by atoms with Crippen LogP contribution in [0.3, 0.4) is 0 Å². The van der Waals surface area contributed by atoms with Gasteiger partial charge >= 0.3 is 0 Å². The summed E-state index contributed by atoms with van der Waals surface area (Å²) in [4.78, 5) is 23.9. The molecule has 2 amide bonds. The maximum Gasteiger partial charge on any atom is 0.265 e. The summed E-state index contributed by atoms with van der Waals surface area (Å²) in [6, 6.07) is 10.3. The number of carbonyl (C=O) groups is 2. The molecule has 8 heteroatoms. The second-order valence-corrected chi connectivity index (χ2v) is 8.17. The molecule has 7 nitrogen and oxygen atoms in total. The summed E-state index contributed by atoms with van der Waals surface area (Å²) < 4.78 is 26.5. The van der Waals surface area contributed by atoms with E-state index in [2.05, 4.69) is 10.9 Å². The molecule has 0 saturated carbocycles. The third kappa shape index (κ3) is 3.17. The molecule has 0 unspecified atom stereocenters. The van der Waals surface area contributed by atoms with Crippen molar-refractivity contribution < 1.29 is 18.0 Å². The molecule has 0 radical (unpaired) electrons. The summed E-state index contributed by atoms with van der Waals surface area (Å²) in [5.74, 6) is -0.772. The Morgan fingerprint density at radius 1 is 1.04 bits per heavy atom. The molecule has 25 heavy (non-hydrogen) atoms. The van der Waals surface area contributed by atoms with E-state index in [1.807, 2.05) is 26.0 Å². The van der Waals surface area contributed by atoms with E-state index >= 15 is 0 Å². The average molecular weight is 361 g/mol. The summed E-state index contributed by atoms with van der Waals surface area (Å²) in [6.07, 6.45) is 0.271. The van der Waals surface area contributed by atoms with E-state index in [0.717, 1.165) is 9.69 Å². The van der Waals surface area contributed by atoms with Crippen LogP contribution in [0, 0.1) is 5.92 Å². The molecule has 0 saturated heterocycles. The highest BCUT2D eigenvalue weighted by Crippen LogP contribution is 2.41. The minimum atomic E-state index is -3.79. The lowest BCUT2D eigenvalue weighted by Gasteiger charge is -2.18. The molecular formula is C17H19N3O4S. The van der Waals surface area contributed by atoms with Gasteiger partial charge in [-0.05, 0) is 23.4 Å². The number of hydrogen-bond acceptors (Lipinski definition) is 4. The quantitative estimate of drug-likeness (QED) is 0.808. The van der Waals surface area contributed by atoms with Crippen molar-refractivity contribution in [3.8, 4) is 0 Å². The lowest BCUT2D eigenvalue weighted by Crippen LogP contribution is -2.47. The number of benzene rings is 2. The third-order valence-corrected chi connectivity index (χ3v) is 5.71. The van der Waals surface area contributed by atoms with Gasteiger partial charge in [-0.15, -0.1) is 0 Å². The summed E-state index contributed by atoms with van der Waals surface area (Å²) in [5, 5.41) is 1.41. The zero-order valence-corrected chi connectivity index (χ0v) is 14.8. The highest BCUT2D eigenvalue weighted by atomic mass is 32.2. The highest BCUT2D eigenvalue weighted by molar-refractivity contribution is 7.93. The lowest BCUT2D eigenvalue weighted by molar-refractivity contribution is -0.128. The molecule has 132 valence electrons. The fourth-order valence-corrected chi connectivity index (χ4v) is 4.53. The van der Waals surface area contributed by atoms with Crippen LogP contribution in [0.1, 0.15) is 20.3 Å². The fraction of sp³-hybridized carbons (Fsp3) is 0.294. The topological polar surface area (TPSA) is 95.6 Å². The molecule has 2 aromatic carbocycles. The largest absolute Gasteiger partial charge is 0.273 e. The van der Waals surface area contributed by atoms with Gasteiger partial charge in [-0.25, -0.2) is 8.42 Å². The van der Waals surface area contributed by atoms with Crippen LogP contribution in [-0.2, 0) is 19.6 Å². The maximum absolute atomic E-state index is 12.7. The van der Waals surface area contributed by atoms with Gasteiger partial charge in [0, 0.05) is 11.8 Å². The number of nitrogens with zero attached hydrogens (tertiary/aromatic N) is 1. The smallest absolute Gasteiger partial charge is 0.265 e. The normalized spacial score (nSPS) is 14.8. The first-order chi connectivity index (χ1) is 11.8. The van der Waals surface area contributed by atoms with E-state index in [1.165, 1.54) is 6.07 Å². The SMILES string of the molecule is CC(C)CC(=O)NNC(=O)CN1c2cccc3cccc(c23)S1(=O)=O. The molecule has 0 bridgehead atoms. The molecular weight excluding hydrogens is 342 g/mol. The summed E-state index contributed by atoms with van der Waals surface area (Å²) in [5.41, 5.74) is 5.04. The Morgan fingerprint density at radius 2 is 1.68 bits per heavy atom. The second kappa shape index (κ2) is 6.36. The van der Waals surface area contributed by atoms with Crippen LogP contribution in [0.15, 0.2) is 41.3 Å². The highest BCUT2D eigenvalue weighted by Gasteiger charge is 2.36. The Balaban J connectivity index is 1.79. The first-order valence-electron chi connectivity index (χ1n) is 7.93. The van der Waals surface area contributed by atoms with Crippen molar-refractivity contribution in [3.05, 3.63) is 36.4 Å². The van der Waals surface area contributed by atoms with Gasteiger partial charge in [-0.2, -0.15) is 0 Å². The molecule has 0 aliphatic carbocycles. The van der Waals surface area contributed by atoms with Crippen molar-refractivity contribution >= 4 is 38.3 Å². The number of sulfonamides is 1. The van der Waals surface area contributed by atoms with E-state index in [1.54, 1.807) is 18.2 Å². The van der Waals surface area contributed by atoms with E-state index in [9.17, 15) is 18.0 Å². The van der Waals surface area contributed by atoms with Gasteiger partial charge in [0.2, 0.25) is 5.91 Å². The molecule has 1 heterocycles. The number of amides is 2. The van der Waals surface area contributed by atoms with Crippen LogP contribution in [0.4, 0.5) is 5.69 Å². The first-order valence-corrected chi connectivity index (χ1v) is 9.37. The number of hydrogen-bond donors (Lipinski definition) is 2. The lowest BCUT2D eigenvalue weighted by atomic mass is 10.1. The van der Waals surface area contributed by atoms with E-state index in [4.69, 9.17) is 0 Å². The zero-order chi connectivity index (χ0) is 18.2. The zero-order valence-electron chi connectivity index (χ0n) is 13.9. The van der Waals surface area contributed by atoms with Gasteiger partial charge in [-0.3, -0.25) is 24.7 Å². The number of rotatable bonds is 4. The van der Waals surface area contributed by atoms with Crippen molar-refractivity contribution in [1.82, 2.24) is 10.9 Å². The molecule has 0 fully saturated rings. The molecule has 2 N–H and O–H groups in total. The summed E-state index contributed by atoms with van der Waals surface area (Å²) in [6.45, 7) is 3.37. The molecule has 1 aliphatic heterocycles. The van der Waals surface area contributed by atoms with Gasteiger partial charge in [0.25, 0.3) is 15.9 Å². The van der Waals surface area contributed by atoms with Crippen LogP contribution in [-0.4, -0.2) is 26.8 Å². The average Bonchev–Trinajstić information content (AvgIpc) is 2.76. The first kappa shape index (κ1) is 17.2. The predicted octanol–water partition coefficient (Wildman–Crippen LogP) is 1.54. The van der Waals surface area contributed by atoms with Crippen LogP contribution >= 0.6 is 0 Å². The Hall–Kier alpha value is -2.61. The van der Waals surface area contributed by atoms with Gasteiger partial charge < -0.3 is 0 Å². The van der Waals surface area contributed by atoms with Gasteiger partial charge in [0.1, 0.15) is 6.54 Å². The predicted molar refractivity (Wildman–Crippen MR) is 94.2 cm³/mol. The Bertz CT molecular complexity index is 948. The van der Waals surface area contributed by atoms with Crippen molar-refractivity contribution in [2.75, 3.05) is 10.8 Å². The van der Waals surface area contributed by atoms with E-state index in [-0.39, 0.29) is 23.1 Å². The number of nitrogens with one attached hydrogen (secondary N) is 2. The van der Waals surface area contributed by atoms with Crippen LogP contribution in [0.2, 0.25) is 0 Å². The molecule has 2 aromatic rings. The van der Waals surface area contributed by atoms with Crippen LogP contribution in [0.25, 0.3) is 10.8 Å². The Labute approximate surface area is 146 Å². The van der Waals surface area contributed by atoms with Crippen molar-refractivity contribution in [2.24, 2.45) is 5.92 Å². The minimum Gasteiger partial charge on any atom is -0.273 e. The summed E-state index contributed by atoms with van der Waals surface area (Å²) in [7, 11) is -3.79. The van der Waals surface area contributed by atoms with E-state index in [0.29, 0.717) is 11.1 Å². The second-order valence-electron chi connectivity index (χ2n) is 6.34. The Morgan fingerprint density at radius 3 is 2.36 bits per heavy atom. The van der Waals surface area contributed by atoms with Crippen LogP contribution < -0.4 is 15.2 Å². The molecule has 3 rings (SSSR count). The van der Waals surface area contributed by atoms with Crippen molar-refractivity contribution in [2.45, 2.75) is 25.2 Å². The fourth-order valence-electron chi connectivity index (χ4n) is 2.86. The Kier molecular flexibility index (Phi) is 4.38. The monoisotopic (exact) mass is 361 g/mol. The maximum atomic E-state index is 12.7. The standard InChI is InChI=1S/C17H19N3O4S/c1-11(2)9-15(21)18-19-16(22)10-20-13-7-3-5-12-6-4-8-14(17(12)13)25(20,23)24/h3-8,11H,9-10H2,1-2H3,(H,18,21)(H,19,22). The van der Waals surface area contributed by atoms with Gasteiger partial charge in [-0.1, -0.05) is 38.1 Å². The van der Waals surface area contributed by atoms with Crippen molar-refractivity contribution in [1.29, 1.82) is 0 Å². The third-order valence-electron chi connectivity index (χ3n) is 3.90. The van der Waals surface area contributed by atoms with E-state index < -0.39 is 22.5 Å². The van der Waals surface area contributed by atoms with Crippen molar-refractivity contribution in [3.63, 3.8) is 0 Å². The number of hydrazine groups is 1. The van der Waals surface area contributed by atoms with Gasteiger partial charge in [0.15, 0.2) is 0 Å². The minimum absolute atomic E-state index is 0.156. The molecule has 0 atom stereocenters. The molecule has 0 aromatic heterocycles. The molecule has 0 spiro atoms.